The van der Waals surface area contributed by atoms with Gasteiger partial charge in [0.25, 0.3) is 0 Å². The normalized spacial score (nSPS) is 10.9. The summed E-state index contributed by atoms with van der Waals surface area (Å²) < 4.78 is 24.8. The molecule has 0 atom stereocenters. The molecular weight excluding hydrogens is 414 g/mol. The molecule has 0 aliphatic carbocycles. The first-order chi connectivity index (χ1) is 16.2. The van der Waals surface area contributed by atoms with E-state index in [0.717, 1.165) is 47.9 Å². The monoisotopic (exact) mass is 445 g/mol. The third kappa shape index (κ3) is 4.77. The van der Waals surface area contributed by atoms with Crippen LogP contribution in [0.25, 0.3) is 22.2 Å². The van der Waals surface area contributed by atoms with Crippen molar-refractivity contribution in [3.63, 3.8) is 0 Å². The van der Waals surface area contributed by atoms with Crippen LogP contribution in [-0.2, 0) is 6.54 Å². The Kier molecular flexibility index (Phi) is 7.08. The predicted molar refractivity (Wildman–Crippen MR) is 133 cm³/mol. The number of methoxy groups -OCH3 is 3. The van der Waals surface area contributed by atoms with Crippen LogP contribution in [0.5, 0.6) is 23.0 Å². The van der Waals surface area contributed by atoms with Gasteiger partial charge in [0.2, 0.25) is 0 Å². The highest BCUT2D eigenvalue weighted by Crippen LogP contribution is 2.39. The van der Waals surface area contributed by atoms with Crippen LogP contribution in [-0.4, -0.2) is 32.5 Å². The Labute approximate surface area is 195 Å². The molecule has 172 valence electrons. The fourth-order valence-corrected chi connectivity index (χ4v) is 4.30. The zero-order chi connectivity index (χ0) is 23.2. The molecule has 4 rings (SSSR count). The van der Waals surface area contributed by atoms with E-state index in [1.165, 1.54) is 22.2 Å². The van der Waals surface area contributed by atoms with Crippen LogP contribution in [0.2, 0.25) is 0 Å². The number of fused-ring (bicyclic) bond motifs is 1. The van der Waals surface area contributed by atoms with Gasteiger partial charge in [0.05, 0.1) is 33.6 Å². The van der Waals surface area contributed by atoms with E-state index < -0.39 is 0 Å². The third-order valence-corrected chi connectivity index (χ3v) is 5.97. The fourth-order valence-electron chi connectivity index (χ4n) is 4.30. The molecule has 1 aromatic heterocycles. The van der Waals surface area contributed by atoms with Crippen LogP contribution in [0.15, 0.2) is 66.7 Å². The number of nitrogens with zero attached hydrogens (tertiary/aromatic N) is 1. The summed E-state index contributed by atoms with van der Waals surface area (Å²) in [5.74, 6) is 3.22. The first-order valence-electron chi connectivity index (χ1n) is 11.2. The van der Waals surface area contributed by atoms with E-state index in [4.69, 9.17) is 18.9 Å². The van der Waals surface area contributed by atoms with Gasteiger partial charge < -0.3 is 23.5 Å². The van der Waals surface area contributed by atoms with Crippen molar-refractivity contribution in [2.24, 2.45) is 0 Å². The van der Waals surface area contributed by atoms with E-state index in [0.29, 0.717) is 6.61 Å². The second-order valence-corrected chi connectivity index (χ2v) is 7.95. The quantitative estimate of drug-likeness (QED) is 0.261. The number of aryl methyl sites for hydroxylation is 2. The first kappa shape index (κ1) is 22.6. The van der Waals surface area contributed by atoms with E-state index >= 15 is 0 Å². The largest absolute Gasteiger partial charge is 0.497 e. The molecule has 0 aliphatic rings. The predicted octanol–water partition coefficient (Wildman–Crippen LogP) is 6.50. The number of benzene rings is 3. The molecule has 0 radical (unpaired) electrons. The van der Waals surface area contributed by atoms with Crippen molar-refractivity contribution in [1.82, 2.24) is 4.57 Å². The summed E-state index contributed by atoms with van der Waals surface area (Å²) in [4.78, 5) is 0. The zero-order valence-electron chi connectivity index (χ0n) is 19.8. The van der Waals surface area contributed by atoms with Crippen LogP contribution in [0.1, 0.15) is 18.4 Å². The van der Waals surface area contributed by atoms with Crippen LogP contribution in [0.4, 0.5) is 0 Å². The molecule has 4 aromatic rings. The Morgan fingerprint density at radius 2 is 1.52 bits per heavy atom. The highest BCUT2D eigenvalue weighted by atomic mass is 16.5. The molecule has 0 aliphatic heterocycles. The fraction of sp³-hybridized carbons (Fsp3) is 0.286. The molecule has 0 amide bonds. The number of ether oxygens (including phenoxy) is 4. The molecule has 3 aromatic carbocycles. The number of unbranched alkanes of at least 4 members (excludes halogenated alkanes) is 1. The topological polar surface area (TPSA) is 41.9 Å². The third-order valence-electron chi connectivity index (χ3n) is 5.97. The minimum absolute atomic E-state index is 0.696. The minimum Gasteiger partial charge on any atom is -0.497 e. The van der Waals surface area contributed by atoms with Crippen molar-refractivity contribution in [2.75, 3.05) is 27.9 Å². The van der Waals surface area contributed by atoms with Crippen LogP contribution in [0, 0.1) is 6.92 Å². The lowest BCUT2D eigenvalue weighted by Crippen LogP contribution is -2.04. The maximum Gasteiger partial charge on any atom is 0.161 e. The van der Waals surface area contributed by atoms with Gasteiger partial charge in [0.1, 0.15) is 11.5 Å². The molecule has 0 fully saturated rings. The van der Waals surface area contributed by atoms with Crippen molar-refractivity contribution < 1.29 is 18.9 Å². The highest BCUT2D eigenvalue weighted by Gasteiger charge is 2.18. The lowest BCUT2D eigenvalue weighted by Gasteiger charge is -2.14. The molecule has 0 unspecified atom stereocenters. The molecular formula is C28H31NO4. The van der Waals surface area contributed by atoms with E-state index in [9.17, 15) is 0 Å². The van der Waals surface area contributed by atoms with Gasteiger partial charge in [-0.05, 0) is 73.9 Å². The van der Waals surface area contributed by atoms with Gasteiger partial charge in [0.15, 0.2) is 11.5 Å². The van der Waals surface area contributed by atoms with Gasteiger partial charge in [-0.15, -0.1) is 0 Å². The Morgan fingerprint density at radius 1 is 0.727 bits per heavy atom. The Bertz CT molecular complexity index is 1210. The summed E-state index contributed by atoms with van der Waals surface area (Å²) in [5.41, 5.74) is 4.70. The van der Waals surface area contributed by atoms with Gasteiger partial charge in [-0.1, -0.05) is 18.2 Å². The molecule has 5 heteroatoms. The summed E-state index contributed by atoms with van der Waals surface area (Å²) in [7, 11) is 5.03. The number of para-hydroxylation sites is 1. The molecule has 0 spiro atoms. The highest BCUT2D eigenvalue weighted by molar-refractivity contribution is 5.92. The van der Waals surface area contributed by atoms with E-state index in [2.05, 4.69) is 29.7 Å². The lowest BCUT2D eigenvalue weighted by atomic mass is 10.1. The van der Waals surface area contributed by atoms with Gasteiger partial charge in [-0.3, -0.25) is 0 Å². The summed E-state index contributed by atoms with van der Waals surface area (Å²) in [6, 6.07) is 22.4. The van der Waals surface area contributed by atoms with Crippen LogP contribution < -0.4 is 18.9 Å². The number of rotatable bonds is 10. The maximum absolute atomic E-state index is 5.88. The van der Waals surface area contributed by atoms with Crippen molar-refractivity contribution >= 4 is 10.9 Å². The molecule has 0 bridgehead atoms. The maximum atomic E-state index is 5.88. The van der Waals surface area contributed by atoms with Crippen molar-refractivity contribution in [1.29, 1.82) is 0 Å². The molecule has 0 N–H and O–H groups in total. The van der Waals surface area contributed by atoms with Crippen molar-refractivity contribution in [3.05, 3.63) is 72.3 Å². The molecule has 0 saturated heterocycles. The summed E-state index contributed by atoms with van der Waals surface area (Å²) >= 11 is 0. The van der Waals surface area contributed by atoms with Gasteiger partial charge in [-0.2, -0.15) is 0 Å². The van der Waals surface area contributed by atoms with E-state index in [-0.39, 0.29) is 0 Å². The second kappa shape index (κ2) is 10.3. The van der Waals surface area contributed by atoms with E-state index in [1.807, 2.05) is 48.5 Å². The Morgan fingerprint density at radius 3 is 2.24 bits per heavy atom. The summed E-state index contributed by atoms with van der Waals surface area (Å²) in [5, 5.41) is 1.19. The number of hydrogen-bond acceptors (Lipinski definition) is 4. The first-order valence-corrected chi connectivity index (χ1v) is 11.2. The SMILES string of the molecule is COc1ccc2c(c1)c(C)c(-c1ccc(OC)c(OC)c1)n2CCCCOc1ccccc1. The average Bonchev–Trinajstić information content (AvgIpc) is 3.14. The molecule has 33 heavy (non-hydrogen) atoms. The van der Waals surface area contributed by atoms with E-state index in [1.54, 1.807) is 21.3 Å². The van der Waals surface area contributed by atoms with Crippen LogP contribution in [0.3, 0.4) is 0 Å². The standard InChI is InChI=1S/C28H31NO4/c1-20-24-19-23(30-2)13-14-25(24)29(16-8-9-17-33-22-10-6-5-7-11-22)28(20)21-12-15-26(31-3)27(18-21)32-4/h5-7,10-15,18-19H,8-9,16-17H2,1-4H3. The van der Waals surface area contributed by atoms with Gasteiger partial charge >= 0.3 is 0 Å². The lowest BCUT2D eigenvalue weighted by molar-refractivity contribution is 0.303. The van der Waals surface area contributed by atoms with Crippen molar-refractivity contribution in [2.45, 2.75) is 26.3 Å². The second-order valence-electron chi connectivity index (χ2n) is 7.95. The zero-order valence-corrected chi connectivity index (χ0v) is 19.8. The van der Waals surface area contributed by atoms with Crippen LogP contribution >= 0.6 is 0 Å². The van der Waals surface area contributed by atoms with Gasteiger partial charge in [-0.25, -0.2) is 0 Å². The van der Waals surface area contributed by atoms with Crippen molar-refractivity contribution in [3.8, 4) is 34.3 Å². The average molecular weight is 446 g/mol. The number of aromatic nitrogens is 1. The minimum atomic E-state index is 0.696. The summed E-state index contributed by atoms with van der Waals surface area (Å²) in [6.45, 7) is 3.75. The molecule has 5 nitrogen and oxygen atoms in total. The molecule has 1 heterocycles. The number of hydrogen-bond donors (Lipinski definition) is 0. The Balaban J connectivity index is 1.64. The molecule has 0 saturated carbocycles. The van der Waals surface area contributed by atoms with Gasteiger partial charge in [0, 0.05) is 23.0 Å². The summed E-state index contributed by atoms with van der Waals surface area (Å²) in [6.07, 6.45) is 1.97. The smallest absolute Gasteiger partial charge is 0.161 e. The Hall–Kier alpha value is -3.60.